The van der Waals surface area contributed by atoms with Crippen LogP contribution in [0.3, 0.4) is 0 Å². The molecule has 0 amide bonds. The van der Waals surface area contributed by atoms with Crippen LogP contribution in [-0.4, -0.2) is 37.5 Å². The number of nitrogens with zero attached hydrogens (tertiary/aromatic N) is 2. The van der Waals surface area contributed by atoms with Crippen molar-refractivity contribution >= 4 is 17.3 Å². The summed E-state index contributed by atoms with van der Waals surface area (Å²) in [5.41, 5.74) is 1.55. The molecule has 0 aromatic heterocycles. The number of rotatable bonds is 4. The van der Waals surface area contributed by atoms with Crippen LogP contribution in [0, 0.1) is 11.3 Å². The summed E-state index contributed by atoms with van der Waals surface area (Å²) in [6, 6.07) is 7.59. The molecule has 1 aliphatic heterocycles. The highest BCUT2D eigenvalue weighted by Crippen LogP contribution is 2.26. The Labute approximate surface area is 118 Å². The first-order valence-corrected chi connectivity index (χ1v) is 6.79. The lowest BCUT2D eigenvalue weighted by Crippen LogP contribution is -2.37. The number of nitriles is 1. The minimum Gasteiger partial charge on any atom is -0.394 e. The van der Waals surface area contributed by atoms with E-state index in [0.717, 1.165) is 31.6 Å². The Morgan fingerprint density at radius 3 is 2.74 bits per heavy atom. The lowest BCUT2D eigenvalue weighted by atomic mass is 10.1. The summed E-state index contributed by atoms with van der Waals surface area (Å²) in [6.07, 6.45) is 2.12. The highest BCUT2D eigenvalue weighted by molar-refractivity contribution is 6.32. The van der Waals surface area contributed by atoms with Gasteiger partial charge < -0.3 is 14.7 Å². The van der Waals surface area contributed by atoms with Crippen LogP contribution < -0.4 is 4.90 Å². The van der Waals surface area contributed by atoms with Gasteiger partial charge in [-0.15, -0.1) is 0 Å². The number of hydrogen-bond acceptors (Lipinski definition) is 4. The van der Waals surface area contributed by atoms with Gasteiger partial charge in [0.1, 0.15) is 6.07 Å². The van der Waals surface area contributed by atoms with Crippen LogP contribution >= 0.6 is 11.6 Å². The maximum absolute atomic E-state index is 8.85. The first kappa shape index (κ1) is 14.1. The highest BCUT2D eigenvalue weighted by atomic mass is 35.5. The molecule has 1 fully saturated rings. The van der Waals surface area contributed by atoms with E-state index >= 15 is 0 Å². The number of ether oxygens (including phenoxy) is 1. The lowest BCUT2D eigenvalue weighted by molar-refractivity contribution is 0.0159. The molecular formula is C14H17ClN2O2. The van der Waals surface area contributed by atoms with Crippen molar-refractivity contribution in [1.29, 1.82) is 5.26 Å². The molecule has 1 aliphatic rings. The summed E-state index contributed by atoms with van der Waals surface area (Å²) in [7, 11) is 0. The molecule has 0 bridgehead atoms. The largest absolute Gasteiger partial charge is 0.394 e. The van der Waals surface area contributed by atoms with E-state index in [1.807, 2.05) is 12.1 Å². The van der Waals surface area contributed by atoms with Crippen LogP contribution in [0.4, 0.5) is 5.69 Å². The number of aliphatic hydroxyl groups is 1. The molecule has 0 atom stereocenters. The Balaban J connectivity index is 1.94. The van der Waals surface area contributed by atoms with Crippen molar-refractivity contribution in [3.05, 3.63) is 28.8 Å². The molecule has 1 aromatic rings. The Morgan fingerprint density at radius 1 is 1.42 bits per heavy atom. The number of halogens is 1. The van der Waals surface area contributed by atoms with Crippen LogP contribution in [0.1, 0.15) is 18.4 Å². The van der Waals surface area contributed by atoms with Crippen molar-refractivity contribution in [2.75, 3.05) is 31.2 Å². The quantitative estimate of drug-likeness (QED) is 0.918. The Morgan fingerprint density at radius 2 is 2.16 bits per heavy atom. The van der Waals surface area contributed by atoms with Crippen LogP contribution in [0.25, 0.3) is 0 Å². The van der Waals surface area contributed by atoms with Gasteiger partial charge in [-0.25, -0.2) is 0 Å². The van der Waals surface area contributed by atoms with E-state index in [1.165, 1.54) is 0 Å². The normalized spacial score (nSPS) is 16.4. The van der Waals surface area contributed by atoms with Crippen LogP contribution in [-0.2, 0) is 4.74 Å². The molecule has 0 spiro atoms. The molecule has 0 saturated carbocycles. The molecule has 5 heteroatoms. The molecule has 1 aromatic carbocycles. The van der Waals surface area contributed by atoms with Gasteiger partial charge in [0, 0.05) is 18.8 Å². The van der Waals surface area contributed by atoms with Gasteiger partial charge >= 0.3 is 0 Å². The van der Waals surface area contributed by atoms with Gasteiger partial charge in [0.05, 0.1) is 29.9 Å². The zero-order valence-corrected chi connectivity index (χ0v) is 11.4. The zero-order chi connectivity index (χ0) is 13.7. The van der Waals surface area contributed by atoms with Gasteiger partial charge in [0.2, 0.25) is 0 Å². The first-order valence-electron chi connectivity index (χ1n) is 6.41. The predicted octanol–water partition coefficient (Wildman–Crippen LogP) is 2.19. The van der Waals surface area contributed by atoms with E-state index in [0.29, 0.717) is 17.2 Å². The van der Waals surface area contributed by atoms with Gasteiger partial charge in [0.15, 0.2) is 0 Å². The second-order valence-electron chi connectivity index (χ2n) is 4.56. The standard InChI is InChI=1S/C14H17ClN2O2/c15-14-9-12(2-1-11(14)10-16)17-5-3-13(4-6-17)19-8-7-18/h1-2,9,13,18H,3-8H2. The monoisotopic (exact) mass is 280 g/mol. The lowest BCUT2D eigenvalue weighted by Gasteiger charge is -2.33. The average Bonchev–Trinajstić information content (AvgIpc) is 2.45. The fourth-order valence-corrected chi connectivity index (χ4v) is 2.51. The number of hydrogen-bond donors (Lipinski definition) is 1. The molecule has 1 saturated heterocycles. The minimum atomic E-state index is 0.0748. The summed E-state index contributed by atoms with van der Waals surface area (Å²) in [6.45, 7) is 2.29. The van der Waals surface area contributed by atoms with Gasteiger partial charge in [-0.3, -0.25) is 0 Å². The molecular weight excluding hydrogens is 264 g/mol. The van der Waals surface area contributed by atoms with Gasteiger partial charge in [-0.1, -0.05) is 11.6 Å². The second-order valence-corrected chi connectivity index (χ2v) is 4.96. The minimum absolute atomic E-state index is 0.0748. The fourth-order valence-electron chi connectivity index (χ4n) is 2.29. The Kier molecular flexibility index (Phi) is 5.03. The molecule has 2 rings (SSSR count). The number of anilines is 1. The molecule has 0 aliphatic carbocycles. The molecule has 0 unspecified atom stereocenters. The van der Waals surface area contributed by atoms with E-state index in [-0.39, 0.29) is 12.7 Å². The molecule has 102 valence electrons. The van der Waals surface area contributed by atoms with Gasteiger partial charge in [0.25, 0.3) is 0 Å². The third kappa shape index (κ3) is 3.60. The third-order valence-electron chi connectivity index (χ3n) is 3.33. The van der Waals surface area contributed by atoms with E-state index in [1.54, 1.807) is 6.07 Å². The maximum Gasteiger partial charge on any atom is 0.101 e. The number of aliphatic hydroxyl groups excluding tert-OH is 1. The second kappa shape index (κ2) is 6.76. The fraction of sp³-hybridized carbons (Fsp3) is 0.500. The molecule has 19 heavy (non-hydrogen) atoms. The average molecular weight is 281 g/mol. The van der Waals surface area contributed by atoms with Crippen molar-refractivity contribution in [3.63, 3.8) is 0 Å². The first-order chi connectivity index (χ1) is 9.24. The summed E-state index contributed by atoms with van der Waals surface area (Å²) in [4.78, 5) is 2.24. The zero-order valence-electron chi connectivity index (χ0n) is 10.7. The summed E-state index contributed by atoms with van der Waals surface area (Å²) in [5.74, 6) is 0. The van der Waals surface area contributed by atoms with Crippen LogP contribution in [0.2, 0.25) is 5.02 Å². The maximum atomic E-state index is 8.85. The van der Waals surface area contributed by atoms with Crippen molar-refractivity contribution in [2.24, 2.45) is 0 Å². The topological polar surface area (TPSA) is 56.5 Å². The summed E-state index contributed by atoms with van der Waals surface area (Å²) in [5, 5.41) is 18.1. The van der Waals surface area contributed by atoms with Gasteiger partial charge in [-0.05, 0) is 31.0 Å². The van der Waals surface area contributed by atoms with Crippen LogP contribution in [0.15, 0.2) is 18.2 Å². The van der Waals surface area contributed by atoms with Crippen molar-refractivity contribution in [1.82, 2.24) is 0 Å². The highest BCUT2D eigenvalue weighted by Gasteiger charge is 2.20. The van der Waals surface area contributed by atoms with Crippen molar-refractivity contribution in [2.45, 2.75) is 18.9 Å². The molecule has 1 N–H and O–H groups in total. The number of piperidine rings is 1. The van der Waals surface area contributed by atoms with Gasteiger partial charge in [-0.2, -0.15) is 5.26 Å². The van der Waals surface area contributed by atoms with E-state index in [9.17, 15) is 0 Å². The Hall–Kier alpha value is -1.28. The molecule has 4 nitrogen and oxygen atoms in total. The third-order valence-corrected chi connectivity index (χ3v) is 3.64. The van der Waals surface area contributed by atoms with E-state index in [4.69, 9.17) is 26.7 Å². The Bertz CT molecular complexity index is 465. The summed E-state index contributed by atoms with van der Waals surface area (Å²) < 4.78 is 5.53. The van der Waals surface area contributed by atoms with Crippen LogP contribution in [0.5, 0.6) is 0 Å². The molecule has 0 radical (unpaired) electrons. The molecule has 1 heterocycles. The van der Waals surface area contributed by atoms with Crippen molar-refractivity contribution in [3.8, 4) is 6.07 Å². The predicted molar refractivity (Wildman–Crippen MR) is 74.4 cm³/mol. The number of benzene rings is 1. The van der Waals surface area contributed by atoms with E-state index < -0.39 is 0 Å². The smallest absolute Gasteiger partial charge is 0.101 e. The SMILES string of the molecule is N#Cc1ccc(N2CCC(OCCO)CC2)cc1Cl. The summed E-state index contributed by atoms with van der Waals surface area (Å²) >= 11 is 6.04. The van der Waals surface area contributed by atoms with Crippen molar-refractivity contribution < 1.29 is 9.84 Å². The van der Waals surface area contributed by atoms with E-state index in [2.05, 4.69) is 11.0 Å².